The van der Waals surface area contributed by atoms with Crippen LogP contribution < -0.4 is 31.9 Å². The molecule has 2 aromatic rings. The summed E-state index contributed by atoms with van der Waals surface area (Å²) in [6.45, 7) is 13.3. The number of benzene rings is 2. The number of carbonyl (C=O) groups excluding carboxylic acids is 6. The quantitative estimate of drug-likeness (QED) is 0.169. The summed E-state index contributed by atoms with van der Waals surface area (Å²) in [5, 5.41) is 19.2. The zero-order valence-corrected chi connectivity index (χ0v) is 47.2. The Hall–Kier alpha value is -4.34. The van der Waals surface area contributed by atoms with Crippen LogP contribution in [0.5, 0.6) is 0 Å². The van der Waals surface area contributed by atoms with Crippen molar-refractivity contribution in [2.75, 3.05) is 51.8 Å². The minimum Gasteiger partial charge on any atom is -0.367 e. The van der Waals surface area contributed by atoms with E-state index in [-0.39, 0.29) is 58.3 Å². The Morgan fingerprint density at radius 2 is 0.959 bits per heavy atom. The van der Waals surface area contributed by atoms with Gasteiger partial charge in [0.15, 0.2) is 0 Å². The number of hydrogen-bond acceptors (Lipinski definition) is 12. The number of likely N-dealkylation sites (N-methyl/N-ethyl adjacent to an activating group) is 2. The highest BCUT2D eigenvalue weighted by Gasteiger charge is 2.57. The second kappa shape index (κ2) is 22.0. The van der Waals surface area contributed by atoms with Crippen molar-refractivity contribution in [3.05, 3.63) is 70.8 Å². The van der Waals surface area contributed by atoms with Crippen LogP contribution in [-0.4, -0.2) is 164 Å². The first kappa shape index (κ1) is 54.4. The van der Waals surface area contributed by atoms with Gasteiger partial charge in [-0.3, -0.25) is 28.8 Å². The van der Waals surface area contributed by atoms with Crippen molar-refractivity contribution in [3.63, 3.8) is 0 Å². The molecule has 12 atom stereocenters. The first-order valence-electron chi connectivity index (χ1n) is 26.4. The van der Waals surface area contributed by atoms with Crippen LogP contribution in [-0.2, 0) is 41.6 Å². The third kappa shape index (κ3) is 10.4. The number of nitrogens with one attached hydrogen (secondary N) is 6. The molecule has 400 valence electrons. The van der Waals surface area contributed by atoms with E-state index in [4.69, 9.17) is 24.4 Å². The minimum absolute atomic E-state index is 0.0899. The normalized spacial score (nSPS) is 30.7. The van der Waals surface area contributed by atoms with E-state index in [1.54, 1.807) is 33.3 Å². The summed E-state index contributed by atoms with van der Waals surface area (Å²) in [6.07, 6.45) is 3.38. The lowest BCUT2D eigenvalue weighted by Crippen LogP contribution is -2.59. The van der Waals surface area contributed by atoms with Crippen LogP contribution in [0.3, 0.4) is 0 Å². The fourth-order valence-corrected chi connectivity index (χ4v) is 16.3. The smallest absolute Gasteiger partial charge is 0.246 e. The van der Waals surface area contributed by atoms with Crippen molar-refractivity contribution >= 4 is 93.4 Å². The molecule has 74 heavy (non-hydrogen) atoms. The van der Waals surface area contributed by atoms with Gasteiger partial charge in [0, 0.05) is 26.2 Å². The van der Waals surface area contributed by atoms with E-state index in [0.29, 0.717) is 74.7 Å². The average Bonchev–Trinajstić information content (AvgIpc) is 4.04. The Balaban J connectivity index is 0.880. The molecular formula is C54H74N10O6S4. The first-order valence-corrected chi connectivity index (χ1v) is 29.3. The first-order chi connectivity index (χ1) is 35.2. The molecule has 2 aromatic carbocycles. The minimum atomic E-state index is -0.762. The number of nitrogens with zero attached hydrogens (tertiary/aromatic N) is 4. The van der Waals surface area contributed by atoms with Crippen molar-refractivity contribution in [2.24, 2.45) is 22.7 Å². The number of fused-ring (bicyclic) bond motifs is 4. The molecule has 6 N–H and O–H groups in total. The molecule has 0 radical (unpaired) electrons. The van der Waals surface area contributed by atoms with Gasteiger partial charge in [-0.05, 0) is 111 Å². The summed E-state index contributed by atoms with van der Waals surface area (Å²) in [6, 6.07) is 11.6. The molecule has 9 rings (SSSR count). The van der Waals surface area contributed by atoms with Crippen LogP contribution in [0.1, 0.15) is 102 Å². The molecule has 5 heterocycles. The van der Waals surface area contributed by atoms with E-state index < -0.39 is 58.9 Å². The fourth-order valence-electron chi connectivity index (χ4n) is 12.6. The Labute approximate surface area is 455 Å². The Kier molecular flexibility index (Phi) is 16.2. The van der Waals surface area contributed by atoms with Gasteiger partial charge in [0.25, 0.3) is 0 Å². The second-order valence-corrected chi connectivity index (χ2v) is 26.1. The van der Waals surface area contributed by atoms with E-state index >= 15 is 0 Å². The van der Waals surface area contributed by atoms with Gasteiger partial charge >= 0.3 is 0 Å². The third-order valence-corrected chi connectivity index (χ3v) is 20.4. The summed E-state index contributed by atoms with van der Waals surface area (Å²) in [5.74, 6) is -0.684. The maximum Gasteiger partial charge on any atom is 0.246 e. The summed E-state index contributed by atoms with van der Waals surface area (Å²) < 4.78 is 0. The van der Waals surface area contributed by atoms with Gasteiger partial charge in [0.2, 0.25) is 35.4 Å². The monoisotopic (exact) mass is 1090 g/mol. The number of rotatable bonds is 12. The molecule has 0 saturated carbocycles. The van der Waals surface area contributed by atoms with Crippen LogP contribution >= 0.6 is 48.0 Å². The molecule has 0 spiro atoms. The van der Waals surface area contributed by atoms with Gasteiger partial charge < -0.3 is 51.5 Å². The van der Waals surface area contributed by atoms with Crippen molar-refractivity contribution in [1.82, 2.24) is 51.5 Å². The lowest BCUT2D eigenvalue weighted by atomic mass is 9.83. The molecule has 7 aliphatic rings. The predicted octanol–water partition coefficient (Wildman–Crippen LogP) is 3.68. The van der Waals surface area contributed by atoms with Crippen molar-refractivity contribution < 1.29 is 28.8 Å². The topological polar surface area (TPSA) is 188 Å². The van der Waals surface area contributed by atoms with Gasteiger partial charge in [-0.2, -0.15) is 0 Å². The highest BCUT2D eigenvalue weighted by atomic mass is 32.2. The molecule has 1 unspecified atom stereocenters. The molecule has 16 nitrogen and oxygen atoms in total. The van der Waals surface area contributed by atoms with Gasteiger partial charge in [-0.15, -0.1) is 23.5 Å². The molecule has 2 aliphatic carbocycles. The van der Waals surface area contributed by atoms with Gasteiger partial charge in [0.1, 0.15) is 24.2 Å². The number of thiocarbonyl (C=S) groups is 2. The number of carbonyl (C=O) groups is 6. The standard InChI is InChI=1S/C54H74N10O6S4/c1-29(55-7)47(71)57-37-17-23-73-39-27-53(3,4)43(63(39)51(37)69)45(65)59-41-33-15-11-9-13-31(33)25-35(41)49(67)61-19-21-62(22-20-61)50(68)36-26-32-14-10-12-16-34(32)42(36)60-46(66)44-54(5,6)28-40-64(44)52(70)38(18-24-74-40)58-48(72)30(2)56-8/h9-16,29-30,35-44,55-56H,17-28H2,1-8H3,(H,57,71)(H,58,72)(H,59,65)(H,60,66)/t29-,30-,35+,36+,37-,38-,39-,40-,41-,42?,43+,44+/m0/s1. The number of amides is 6. The number of piperazine rings is 1. The maximum absolute atomic E-state index is 14.9. The van der Waals surface area contributed by atoms with Crippen LogP contribution in [0.2, 0.25) is 0 Å². The third-order valence-electron chi connectivity index (χ3n) is 17.0. The SMILES string of the molecule is CN[C@@H](C)C(=S)N[C@H]1CCS[C@H]2CC(C)(C)[C@@H](C(=O)NC3c4ccccc4C[C@H]3C(=O)N3CCN(C(=O)[C@@H]4Cc5ccccc5[C@@H]4NC(=O)[C@H]4N5C(=O)[C@@H](NC(=S)[C@H](C)NC)CCS[C@H]5CC4(C)C)CC3)N2C1=O. The second-order valence-electron chi connectivity index (χ2n) is 22.7. The molecule has 5 aliphatic heterocycles. The molecular weight excluding hydrogens is 1010 g/mol. The zero-order valence-electron chi connectivity index (χ0n) is 43.9. The summed E-state index contributed by atoms with van der Waals surface area (Å²) in [7, 11) is 3.64. The van der Waals surface area contributed by atoms with Crippen LogP contribution in [0, 0.1) is 22.7 Å². The average molecular weight is 1090 g/mol. The molecule has 5 saturated heterocycles. The fraction of sp³-hybridized carbons (Fsp3) is 0.630. The zero-order chi connectivity index (χ0) is 53.0. The molecule has 0 bridgehead atoms. The van der Waals surface area contributed by atoms with Gasteiger partial charge in [-0.25, -0.2) is 0 Å². The van der Waals surface area contributed by atoms with Crippen LogP contribution in [0.25, 0.3) is 0 Å². The van der Waals surface area contributed by atoms with Crippen molar-refractivity contribution in [3.8, 4) is 0 Å². The number of hydrogen-bond donors (Lipinski definition) is 6. The lowest BCUT2D eigenvalue weighted by molar-refractivity contribution is -0.146. The summed E-state index contributed by atoms with van der Waals surface area (Å²) in [4.78, 5) is 96.6. The highest BCUT2D eigenvalue weighted by molar-refractivity contribution is 8.00. The Morgan fingerprint density at radius 1 is 0.595 bits per heavy atom. The molecule has 6 amide bonds. The molecule has 0 aromatic heterocycles. The van der Waals surface area contributed by atoms with E-state index in [1.165, 1.54) is 0 Å². The van der Waals surface area contributed by atoms with E-state index in [9.17, 15) is 28.8 Å². The van der Waals surface area contributed by atoms with Crippen molar-refractivity contribution in [2.45, 2.75) is 139 Å². The van der Waals surface area contributed by atoms with Crippen LogP contribution in [0.15, 0.2) is 48.5 Å². The Morgan fingerprint density at radius 3 is 1.32 bits per heavy atom. The predicted molar refractivity (Wildman–Crippen MR) is 298 cm³/mol. The summed E-state index contributed by atoms with van der Waals surface area (Å²) >= 11 is 14.7. The number of thioether (sulfide) groups is 2. The van der Waals surface area contributed by atoms with Gasteiger partial charge in [0.05, 0.1) is 56.7 Å². The van der Waals surface area contributed by atoms with Crippen molar-refractivity contribution in [1.29, 1.82) is 0 Å². The van der Waals surface area contributed by atoms with Gasteiger partial charge in [-0.1, -0.05) is 101 Å². The molecule has 5 fully saturated rings. The molecule has 20 heteroatoms. The maximum atomic E-state index is 14.9. The van der Waals surface area contributed by atoms with E-state index in [2.05, 4.69) is 31.9 Å². The van der Waals surface area contributed by atoms with Crippen LogP contribution in [0.4, 0.5) is 0 Å². The highest BCUT2D eigenvalue weighted by Crippen LogP contribution is 2.49. The largest absolute Gasteiger partial charge is 0.367 e. The van der Waals surface area contributed by atoms with E-state index in [0.717, 1.165) is 33.8 Å². The lowest BCUT2D eigenvalue weighted by Gasteiger charge is -2.39. The summed E-state index contributed by atoms with van der Waals surface area (Å²) in [5.41, 5.74) is 2.71. The Bertz CT molecular complexity index is 2390. The van der Waals surface area contributed by atoms with E-state index in [1.807, 2.05) is 114 Å².